The number of pyridine rings is 1. The molecule has 6 heteroatoms. The van der Waals surface area contributed by atoms with Crippen LogP contribution in [-0.2, 0) is 9.47 Å². The number of hydrogen-bond acceptors (Lipinski definition) is 4. The van der Waals surface area contributed by atoms with Crippen LogP contribution in [0.2, 0.25) is 0 Å². The highest BCUT2D eigenvalue weighted by atomic mass is 79.9. The van der Waals surface area contributed by atoms with Crippen molar-refractivity contribution in [1.82, 2.24) is 10.3 Å². The van der Waals surface area contributed by atoms with Gasteiger partial charge in [0.25, 0.3) is 5.91 Å². The van der Waals surface area contributed by atoms with Crippen LogP contribution in [0.4, 0.5) is 0 Å². The third-order valence-electron chi connectivity index (χ3n) is 1.97. The van der Waals surface area contributed by atoms with Gasteiger partial charge in [0.15, 0.2) is 0 Å². The van der Waals surface area contributed by atoms with Crippen LogP contribution < -0.4 is 5.32 Å². The number of halogens is 1. The molecule has 0 bridgehead atoms. The molecule has 0 aliphatic heterocycles. The van der Waals surface area contributed by atoms with Crippen LogP contribution >= 0.6 is 15.9 Å². The van der Waals surface area contributed by atoms with E-state index in [0.717, 1.165) is 0 Å². The number of ether oxygens (including phenoxy) is 2. The number of hydrogen-bond donors (Lipinski definition) is 1. The molecule has 0 aliphatic carbocycles. The van der Waals surface area contributed by atoms with E-state index in [1.807, 2.05) is 0 Å². The van der Waals surface area contributed by atoms with E-state index in [9.17, 15) is 4.79 Å². The summed E-state index contributed by atoms with van der Waals surface area (Å²) in [5, 5.41) is 2.74. The van der Waals surface area contributed by atoms with Gasteiger partial charge in [0, 0.05) is 19.9 Å². The lowest BCUT2D eigenvalue weighted by Gasteiger charge is -2.06. The predicted molar refractivity (Wildman–Crippen MR) is 67.0 cm³/mol. The van der Waals surface area contributed by atoms with E-state index in [2.05, 4.69) is 26.2 Å². The summed E-state index contributed by atoms with van der Waals surface area (Å²) in [4.78, 5) is 15.7. The van der Waals surface area contributed by atoms with Crippen molar-refractivity contribution in [3.63, 3.8) is 0 Å². The van der Waals surface area contributed by atoms with Gasteiger partial charge >= 0.3 is 0 Å². The lowest BCUT2D eigenvalue weighted by Crippen LogP contribution is -2.28. The summed E-state index contributed by atoms with van der Waals surface area (Å²) < 4.78 is 10.6. The molecule has 94 valence electrons. The molecular formula is C11H15BrN2O3. The monoisotopic (exact) mass is 302 g/mol. The van der Waals surface area contributed by atoms with Crippen LogP contribution in [0.15, 0.2) is 22.9 Å². The van der Waals surface area contributed by atoms with Gasteiger partial charge < -0.3 is 14.8 Å². The highest BCUT2D eigenvalue weighted by Crippen LogP contribution is 2.11. The second-order valence-corrected chi connectivity index (χ2v) is 3.95. The number of nitrogens with one attached hydrogen (secondary N) is 1. The largest absolute Gasteiger partial charge is 0.382 e. The van der Waals surface area contributed by atoms with Gasteiger partial charge in [-0.2, -0.15) is 0 Å². The quantitative estimate of drug-likeness (QED) is 0.608. The Balaban J connectivity index is 2.24. The van der Waals surface area contributed by atoms with Crippen molar-refractivity contribution < 1.29 is 14.3 Å². The summed E-state index contributed by atoms with van der Waals surface area (Å²) in [6.07, 6.45) is 1.62. The predicted octanol–water partition coefficient (Wildman–Crippen LogP) is 1.24. The van der Waals surface area contributed by atoms with Crippen LogP contribution in [-0.4, -0.2) is 44.4 Å². The first-order valence-electron chi connectivity index (χ1n) is 5.21. The molecule has 1 N–H and O–H groups in total. The molecule has 1 amide bonds. The minimum absolute atomic E-state index is 0.166. The summed E-state index contributed by atoms with van der Waals surface area (Å²) >= 11 is 3.22. The van der Waals surface area contributed by atoms with Gasteiger partial charge in [-0.15, -0.1) is 0 Å². The van der Waals surface area contributed by atoms with Crippen LogP contribution in [0.5, 0.6) is 0 Å². The van der Waals surface area contributed by atoms with Crippen molar-refractivity contribution >= 4 is 21.8 Å². The van der Waals surface area contributed by atoms with Gasteiger partial charge in [-0.3, -0.25) is 4.79 Å². The maximum atomic E-state index is 11.7. The van der Waals surface area contributed by atoms with E-state index in [0.29, 0.717) is 36.5 Å². The number of aromatic nitrogens is 1. The molecule has 0 saturated heterocycles. The molecule has 0 fully saturated rings. The maximum Gasteiger partial charge on any atom is 0.254 e. The number of methoxy groups -OCH3 is 1. The second-order valence-electron chi connectivity index (χ2n) is 3.20. The van der Waals surface area contributed by atoms with Gasteiger partial charge in [0.1, 0.15) is 4.60 Å². The lowest BCUT2D eigenvalue weighted by atomic mass is 10.3. The van der Waals surface area contributed by atoms with Crippen molar-refractivity contribution in [3.8, 4) is 0 Å². The SMILES string of the molecule is COCCOCCNC(=O)c1cccnc1Br. The minimum Gasteiger partial charge on any atom is -0.382 e. The molecule has 0 aliphatic rings. The van der Waals surface area contributed by atoms with Crippen molar-refractivity contribution in [3.05, 3.63) is 28.5 Å². The average molecular weight is 303 g/mol. The first-order chi connectivity index (χ1) is 8.25. The third kappa shape index (κ3) is 5.25. The molecule has 0 unspecified atom stereocenters. The van der Waals surface area contributed by atoms with Gasteiger partial charge in [0.05, 0.1) is 25.4 Å². The van der Waals surface area contributed by atoms with Crippen molar-refractivity contribution in [1.29, 1.82) is 0 Å². The van der Waals surface area contributed by atoms with Crippen molar-refractivity contribution in [2.24, 2.45) is 0 Å². The molecule has 1 rings (SSSR count). The number of rotatable bonds is 7. The van der Waals surface area contributed by atoms with E-state index in [1.165, 1.54) is 0 Å². The maximum absolute atomic E-state index is 11.7. The first-order valence-corrected chi connectivity index (χ1v) is 6.00. The zero-order valence-electron chi connectivity index (χ0n) is 9.61. The molecular weight excluding hydrogens is 288 g/mol. The third-order valence-corrected chi connectivity index (χ3v) is 2.60. The molecule has 0 radical (unpaired) electrons. The summed E-state index contributed by atoms with van der Waals surface area (Å²) in [5.41, 5.74) is 0.518. The fourth-order valence-electron chi connectivity index (χ4n) is 1.13. The van der Waals surface area contributed by atoms with Crippen LogP contribution in [0.1, 0.15) is 10.4 Å². The highest BCUT2D eigenvalue weighted by Gasteiger charge is 2.08. The lowest BCUT2D eigenvalue weighted by molar-refractivity contribution is 0.0692. The number of amides is 1. The topological polar surface area (TPSA) is 60.5 Å². The first kappa shape index (κ1) is 14.1. The Labute approximate surface area is 109 Å². The Morgan fingerprint density at radius 2 is 2.29 bits per heavy atom. The molecule has 0 saturated carbocycles. The Morgan fingerprint density at radius 3 is 3.00 bits per heavy atom. The molecule has 17 heavy (non-hydrogen) atoms. The Bertz CT molecular complexity index is 360. The summed E-state index contributed by atoms with van der Waals surface area (Å²) in [6, 6.07) is 3.42. The van der Waals surface area contributed by atoms with Gasteiger partial charge in [-0.05, 0) is 28.1 Å². The van der Waals surface area contributed by atoms with E-state index in [1.54, 1.807) is 25.4 Å². The van der Waals surface area contributed by atoms with E-state index < -0.39 is 0 Å². The molecule has 0 aromatic carbocycles. The van der Waals surface area contributed by atoms with Crippen molar-refractivity contribution in [2.75, 3.05) is 33.5 Å². The van der Waals surface area contributed by atoms with E-state index in [4.69, 9.17) is 9.47 Å². The highest BCUT2D eigenvalue weighted by molar-refractivity contribution is 9.10. The number of carbonyl (C=O) groups is 1. The fourth-order valence-corrected chi connectivity index (χ4v) is 1.56. The van der Waals surface area contributed by atoms with Crippen LogP contribution in [0.3, 0.4) is 0 Å². The normalized spacial score (nSPS) is 10.2. The number of nitrogens with zero attached hydrogens (tertiary/aromatic N) is 1. The molecule has 1 heterocycles. The van der Waals surface area contributed by atoms with Gasteiger partial charge in [-0.1, -0.05) is 0 Å². The van der Waals surface area contributed by atoms with E-state index >= 15 is 0 Å². The molecule has 5 nitrogen and oxygen atoms in total. The number of carbonyl (C=O) groups excluding carboxylic acids is 1. The summed E-state index contributed by atoms with van der Waals surface area (Å²) in [7, 11) is 1.62. The van der Waals surface area contributed by atoms with Gasteiger partial charge in [0.2, 0.25) is 0 Å². The zero-order chi connectivity index (χ0) is 12.5. The Hall–Kier alpha value is -0.980. The molecule has 0 spiro atoms. The van der Waals surface area contributed by atoms with Crippen molar-refractivity contribution in [2.45, 2.75) is 0 Å². The average Bonchev–Trinajstić information content (AvgIpc) is 2.34. The molecule has 1 aromatic rings. The summed E-state index contributed by atoms with van der Waals surface area (Å²) in [6.45, 7) is 2.02. The van der Waals surface area contributed by atoms with Gasteiger partial charge in [-0.25, -0.2) is 4.98 Å². The fraction of sp³-hybridized carbons (Fsp3) is 0.455. The molecule has 1 aromatic heterocycles. The summed E-state index contributed by atoms with van der Waals surface area (Å²) in [5.74, 6) is -0.166. The Kier molecular flexibility index (Phi) is 6.76. The minimum atomic E-state index is -0.166. The second kappa shape index (κ2) is 8.16. The van der Waals surface area contributed by atoms with Crippen LogP contribution in [0.25, 0.3) is 0 Å². The zero-order valence-corrected chi connectivity index (χ0v) is 11.2. The molecule has 0 atom stereocenters. The van der Waals surface area contributed by atoms with Crippen LogP contribution in [0, 0.1) is 0 Å². The Morgan fingerprint density at radius 1 is 1.47 bits per heavy atom. The smallest absolute Gasteiger partial charge is 0.254 e. The van der Waals surface area contributed by atoms with E-state index in [-0.39, 0.29) is 5.91 Å². The standard InChI is InChI=1S/C11H15BrN2O3/c1-16-7-8-17-6-5-14-11(15)9-3-2-4-13-10(9)12/h2-4H,5-8H2,1H3,(H,14,15).